The van der Waals surface area contributed by atoms with Gasteiger partial charge in [0.25, 0.3) is 0 Å². The van der Waals surface area contributed by atoms with E-state index in [1.54, 1.807) is 14.2 Å². The molecule has 0 radical (unpaired) electrons. The maximum atomic E-state index is 6.78. The molecule has 5 rings (SSSR count). The lowest BCUT2D eigenvalue weighted by Crippen LogP contribution is -2.34. The van der Waals surface area contributed by atoms with Gasteiger partial charge in [-0.15, -0.1) is 0 Å². The second-order valence-corrected chi connectivity index (χ2v) is 8.16. The van der Waals surface area contributed by atoms with Gasteiger partial charge in [0.05, 0.1) is 14.2 Å². The molecule has 3 nitrogen and oxygen atoms in total. The quantitative estimate of drug-likeness (QED) is 0.340. The van der Waals surface area contributed by atoms with Crippen LogP contribution in [0.4, 0.5) is 0 Å². The zero-order chi connectivity index (χ0) is 22.7. The van der Waals surface area contributed by atoms with E-state index in [1.165, 1.54) is 11.1 Å². The summed E-state index contributed by atoms with van der Waals surface area (Å²) in [5.74, 6) is 2.49. The van der Waals surface area contributed by atoms with Gasteiger partial charge in [-0.3, -0.25) is 0 Å². The minimum Gasteiger partial charge on any atom is -0.497 e. The van der Waals surface area contributed by atoms with Crippen molar-refractivity contribution in [1.82, 2.24) is 0 Å². The van der Waals surface area contributed by atoms with E-state index in [9.17, 15) is 0 Å². The molecule has 4 aromatic rings. The van der Waals surface area contributed by atoms with Gasteiger partial charge in [-0.2, -0.15) is 0 Å². The van der Waals surface area contributed by atoms with Crippen LogP contribution < -0.4 is 14.2 Å². The number of hydrogen-bond acceptors (Lipinski definition) is 3. The number of fused-ring (bicyclic) bond motifs is 1. The Morgan fingerprint density at radius 1 is 0.667 bits per heavy atom. The molecular weight excluding hydrogens is 408 g/mol. The predicted molar refractivity (Wildman–Crippen MR) is 132 cm³/mol. The van der Waals surface area contributed by atoms with E-state index in [4.69, 9.17) is 14.2 Å². The maximum Gasteiger partial charge on any atom is 0.178 e. The summed E-state index contributed by atoms with van der Waals surface area (Å²) in [4.78, 5) is 0. The van der Waals surface area contributed by atoms with E-state index in [-0.39, 0.29) is 0 Å². The highest BCUT2D eigenvalue weighted by molar-refractivity contribution is 5.65. The first kappa shape index (κ1) is 20.9. The molecule has 0 amide bonds. The van der Waals surface area contributed by atoms with Gasteiger partial charge in [0, 0.05) is 16.7 Å². The molecule has 0 spiro atoms. The summed E-state index contributed by atoms with van der Waals surface area (Å²) in [6.07, 6.45) is 5.21. The third kappa shape index (κ3) is 4.10. The maximum absolute atomic E-state index is 6.78. The summed E-state index contributed by atoms with van der Waals surface area (Å²) in [5, 5.41) is 0. The Morgan fingerprint density at radius 3 is 1.85 bits per heavy atom. The fraction of sp³-hybridized carbons (Fsp3) is 0.133. The summed E-state index contributed by atoms with van der Waals surface area (Å²) < 4.78 is 17.5. The zero-order valence-electron chi connectivity index (χ0n) is 18.8. The smallest absolute Gasteiger partial charge is 0.178 e. The molecule has 1 heterocycles. The molecule has 0 N–H and O–H groups in total. The van der Waals surface area contributed by atoms with Crippen LogP contribution in [0.2, 0.25) is 0 Å². The van der Waals surface area contributed by atoms with Gasteiger partial charge in [0.15, 0.2) is 5.60 Å². The monoisotopic (exact) mass is 434 g/mol. The molecule has 0 saturated carbocycles. The Balaban J connectivity index is 1.54. The lowest BCUT2D eigenvalue weighted by molar-refractivity contribution is 0.161. The van der Waals surface area contributed by atoms with Gasteiger partial charge in [0.1, 0.15) is 17.2 Å². The predicted octanol–water partition coefficient (Wildman–Crippen LogP) is 6.64. The van der Waals surface area contributed by atoms with E-state index in [0.29, 0.717) is 0 Å². The molecule has 0 saturated heterocycles. The number of benzene rings is 4. The molecule has 0 aromatic heterocycles. The molecule has 0 atom stereocenters. The van der Waals surface area contributed by atoms with Gasteiger partial charge in [-0.1, -0.05) is 66.7 Å². The molecule has 0 aliphatic carbocycles. The second-order valence-electron chi connectivity index (χ2n) is 8.16. The topological polar surface area (TPSA) is 27.7 Å². The van der Waals surface area contributed by atoms with Crippen LogP contribution in [0.15, 0.2) is 103 Å². The van der Waals surface area contributed by atoms with Gasteiger partial charge in [-0.05, 0) is 60.0 Å². The van der Waals surface area contributed by atoms with Gasteiger partial charge in [-0.25, -0.2) is 0 Å². The average Bonchev–Trinajstić information content (AvgIpc) is 2.89. The van der Waals surface area contributed by atoms with Crippen molar-refractivity contribution in [2.45, 2.75) is 12.0 Å². The van der Waals surface area contributed by atoms with Crippen molar-refractivity contribution >= 4 is 6.08 Å². The summed E-state index contributed by atoms with van der Waals surface area (Å²) in [7, 11) is 3.35. The average molecular weight is 435 g/mol. The van der Waals surface area contributed by atoms with Crippen LogP contribution in [-0.4, -0.2) is 14.2 Å². The van der Waals surface area contributed by atoms with Crippen LogP contribution in [0.5, 0.6) is 17.2 Å². The highest BCUT2D eigenvalue weighted by Gasteiger charge is 2.37. The molecule has 3 heteroatoms. The fourth-order valence-electron chi connectivity index (χ4n) is 4.33. The highest BCUT2D eigenvalue weighted by atomic mass is 16.5. The van der Waals surface area contributed by atoms with Crippen molar-refractivity contribution in [1.29, 1.82) is 0 Å². The molecule has 0 bridgehead atoms. The van der Waals surface area contributed by atoms with E-state index in [1.807, 2.05) is 30.3 Å². The molecule has 33 heavy (non-hydrogen) atoms. The number of ether oxygens (including phenoxy) is 3. The van der Waals surface area contributed by atoms with Crippen molar-refractivity contribution in [3.8, 4) is 17.2 Å². The van der Waals surface area contributed by atoms with Crippen molar-refractivity contribution in [2.24, 2.45) is 0 Å². The van der Waals surface area contributed by atoms with Crippen molar-refractivity contribution in [2.75, 3.05) is 14.2 Å². The standard InChI is InChI=1S/C30H26O3/c1-31-27-13-9-25(10-14-27)30(26-11-15-28(32-2)16-12-26)19-18-24-21-23(8-17-29(24)33-30)20-22-6-4-3-5-7-22/h3-19,21H,20H2,1-2H3. The molecule has 4 aromatic carbocycles. The molecule has 164 valence electrons. The number of hydrogen-bond donors (Lipinski definition) is 0. The Labute approximate surface area is 194 Å². The van der Waals surface area contributed by atoms with E-state index < -0.39 is 5.60 Å². The van der Waals surface area contributed by atoms with Gasteiger partial charge in [0.2, 0.25) is 0 Å². The van der Waals surface area contributed by atoms with Crippen molar-refractivity contribution in [3.63, 3.8) is 0 Å². The van der Waals surface area contributed by atoms with Crippen LogP contribution in [0, 0.1) is 0 Å². The van der Waals surface area contributed by atoms with Crippen LogP contribution in [0.1, 0.15) is 27.8 Å². The summed E-state index contributed by atoms with van der Waals surface area (Å²) >= 11 is 0. The first-order valence-electron chi connectivity index (χ1n) is 11.0. The number of methoxy groups -OCH3 is 2. The second kappa shape index (κ2) is 8.87. The summed E-state index contributed by atoms with van der Waals surface area (Å²) in [5.41, 5.74) is 4.96. The van der Waals surface area contributed by atoms with Gasteiger partial charge >= 0.3 is 0 Å². The normalized spacial score (nSPS) is 13.6. The molecular formula is C30H26O3. The summed E-state index contributed by atoms with van der Waals surface area (Å²) in [6, 6.07) is 33.1. The lowest BCUT2D eigenvalue weighted by atomic mass is 9.83. The largest absolute Gasteiger partial charge is 0.497 e. The van der Waals surface area contributed by atoms with E-state index in [2.05, 4.69) is 78.9 Å². The SMILES string of the molecule is COc1ccc(C2(c3ccc(OC)cc3)C=Cc3cc(Cc4ccccc4)ccc3O2)cc1. The molecule has 1 aliphatic rings. The third-order valence-corrected chi connectivity index (χ3v) is 6.13. The van der Waals surface area contributed by atoms with Crippen molar-refractivity contribution < 1.29 is 14.2 Å². The van der Waals surface area contributed by atoms with Crippen LogP contribution in [0.25, 0.3) is 6.08 Å². The zero-order valence-corrected chi connectivity index (χ0v) is 18.8. The van der Waals surface area contributed by atoms with Crippen LogP contribution in [0.3, 0.4) is 0 Å². The molecule has 0 fully saturated rings. The first-order chi connectivity index (χ1) is 16.2. The Morgan fingerprint density at radius 2 is 1.27 bits per heavy atom. The molecule has 0 unspecified atom stereocenters. The molecule has 1 aliphatic heterocycles. The Bertz CT molecular complexity index is 1210. The van der Waals surface area contributed by atoms with Crippen LogP contribution in [-0.2, 0) is 12.0 Å². The lowest BCUT2D eigenvalue weighted by Gasteiger charge is -2.36. The highest BCUT2D eigenvalue weighted by Crippen LogP contribution is 2.43. The minimum absolute atomic E-state index is 0.744. The Hall–Kier alpha value is -3.98. The first-order valence-corrected chi connectivity index (χ1v) is 11.0. The van der Waals surface area contributed by atoms with E-state index in [0.717, 1.165) is 40.4 Å². The van der Waals surface area contributed by atoms with Crippen LogP contribution >= 0.6 is 0 Å². The summed E-state index contributed by atoms with van der Waals surface area (Å²) in [6.45, 7) is 0. The number of rotatable bonds is 6. The minimum atomic E-state index is -0.744. The van der Waals surface area contributed by atoms with Gasteiger partial charge < -0.3 is 14.2 Å². The van der Waals surface area contributed by atoms with E-state index >= 15 is 0 Å². The fourth-order valence-corrected chi connectivity index (χ4v) is 4.33. The third-order valence-electron chi connectivity index (χ3n) is 6.13. The van der Waals surface area contributed by atoms with Crippen molar-refractivity contribution in [3.05, 3.63) is 131 Å². The Kier molecular flexibility index (Phi) is 5.62.